The lowest BCUT2D eigenvalue weighted by molar-refractivity contribution is -0.0204. The van der Waals surface area contributed by atoms with Crippen LogP contribution in [-0.4, -0.2) is 39.4 Å². The molecule has 18 heavy (non-hydrogen) atoms. The third-order valence-corrected chi connectivity index (χ3v) is 3.35. The summed E-state index contributed by atoms with van der Waals surface area (Å²) in [5.41, 5.74) is 0.859. The van der Waals surface area contributed by atoms with Crippen LogP contribution in [0.2, 0.25) is 0 Å². The van der Waals surface area contributed by atoms with Crippen molar-refractivity contribution < 1.29 is 9.84 Å². The Morgan fingerprint density at radius 3 is 3.11 bits per heavy atom. The minimum atomic E-state index is -0.0574. The first-order chi connectivity index (χ1) is 8.83. The lowest BCUT2D eigenvalue weighted by Gasteiger charge is -2.14. The zero-order chi connectivity index (χ0) is 12.5. The molecule has 0 radical (unpaired) electrons. The predicted molar refractivity (Wildman–Crippen MR) is 67.3 cm³/mol. The molecule has 1 aliphatic rings. The second kappa shape index (κ2) is 4.55. The molecular weight excluding hydrogens is 232 g/mol. The topological polar surface area (TPSA) is 72.2 Å². The van der Waals surface area contributed by atoms with E-state index in [0.717, 1.165) is 29.7 Å². The SMILES string of the molecule is CNc1ncnc2c1ccn2[C@H]1CC[C@@H](CO)O1. The molecule has 0 amide bonds. The molecule has 0 bridgehead atoms. The molecule has 0 saturated carbocycles. The lowest BCUT2D eigenvalue weighted by atomic mass is 10.2. The Bertz CT molecular complexity index is 554. The number of aromatic nitrogens is 3. The van der Waals surface area contributed by atoms with Gasteiger partial charge in [-0.05, 0) is 18.9 Å². The number of anilines is 1. The fourth-order valence-corrected chi connectivity index (χ4v) is 2.43. The van der Waals surface area contributed by atoms with Gasteiger partial charge in [0, 0.05) is 13.2 Å². The summed E-state index contributed by atoms with van der Waals surface area (Å²) in [6.07, 6.45) is 5.18. The number of nitrogens with zero attached hydrogens (tertiary/aromatic N) is 3. The fraction of sp³-hybridized carbons (Fsp3) is 0.500. The molecule has 0 spiro atoms. The van der Waals surface area contributed by atoms with E-state index in [2.05, 4.69) is 15.3 Å². The molecule has 3 heterocycles. The molecule has 2 atom stereocenters. The Kier molecular flexibility index (Phi) is 2.89. The maximum Gasteiger partial charge on any atom is 0.147 e. The normalized spacial score (nSPS) is 23.7. The number of ether oxygens (including phenoxy) is 1. The Morgan fingerprint density at radius 1 is 1.50 bits per heavy atom. The molecule has 1 fully saturated rings. The van der Waals surface area contributed by atoms with E-state index in [0.29, 0.717) is 0 Å². The van der Waals surface area contributed by atoms with Crippen molar-refractivity contribution in [3.63, 3.8) is 0 Å². The van der Waals surface area contributed by atoms with Gasteiger partial charge < -0.3 is 19.7 Å². The van der Waals surface area contributed by atoms with E-state index in [1.807, 2.05) is 23.9 Å². The highest BCUT2D eigenvalue weighted by Crippen LogP contribution is 2.31. The van der Waals surface area contributed by atoms with Crippen LogP contribution in [0.3, 0.4) is 0 Å². The first-order valence-corrected chi connectivity index (χ1v) is 6.09. The highest BCUT2D eigenvalue weighted by molar-refractivity contribution is 5.87. The van der Waals surface area contributed by atoms with Crippen LogP contribution in [0.5, 0.6) is 0 Å². The first-order valence-electron chi connectivity index (χ1n) is 6.09. The fourth-order valence-electron chi connectivity index (χ4n) is 2.43. The van der Waals surface area contributed by atoms with E-state index >= 15 is 0 Å². The second-order valence-electron chi connectivity index (χ2n) is 4.41. The van der Waals surface area contributed by atoms with Crippen LogP contribution < -0.4 is 5.32 Å². The molecule has 6 nitrogen and oxygen atoms in total. The van der Waals surface area contributed by atoms with Gasteiger partial charge in [0.1, 0.15) is 24.0 Å². The van der Waals surface area contributed by atoms with Gasteiger partial charge >= 0.3 is 0 Å². The minimum Gasteiger partial charge on any atom is -0.394 e. The van der Waals surface area contributed by atoms with E-state index in [1.54, 1.807) is 6.33 Å². The van der Waals surface area contributed by atoms with Gasteiger partial charge in [-0.15, -0.1) is 0 Å². The summed E-state index contributed by atoms with van der Waals surface area (Å²) in [7, 11) is 1.84. The van der Waals surface area contributed by atoms with Crippen molar-refractivity contribution in [2.45, 2.75) is 25.2 Å². The largest absolute Gasteiger partial charge is 0.394 e. The van der Waals surface area contributed by atoms with Gasteiger partial charge in [0.25, 0.3) is 0 Å². The molecule has 1 saturated heterocycles. The van der Waals surface area contributed by atoms with Crippen LogP contribution in [0.15, 0.2) is 18.6 Å². The van der Waals surface area contributed by atoms with Crippen molar-refractivity contribution in [2.24, 2.45) is 0 Å². The molecular formula is C12H16N4O2. The Balaban J connectivity index is 1.98. The zero-order valence-corrected chi connectivity index (χ0v) is 10.2. The van der Waals surface area contributed by atoms with E-state index < -0.39 is 0 Å². The Hall–Kier alpha value is -1.66. The van der Waals surface area contributed by atoms with Crippen molar-refractivity contribution in [3.8, 4) is 0 Å². The summed E-state index contributed by atoms with van der Waals surface area (Å²) in [5, 5.41) is 13.1. The molecule has 2 aromatic rings. The minimum absolute atomic E-state index is 0.0424. The lowest BCUT2D eigenvalue weighted by Crippen LogP contribution is -2.14. The van der Waals surface area contributed by atoms with E-state index in [1.165, 1.54) is 0 Å². The van der Waals surface area contributed by atoms with Gasteiger partial charge in [-0.2, -0.15) is 0 Å². The Morgan fingerprint density at radius 2 is 2.39 bits per heavy atom. The van der Waals surface area contributed by atoms with Gasteiger partial charge in [-0.25, -0.2) is 9.97 Å². The zero-order valence-electron chi connectivity index (χ0n) is 10.2. The van der Waals surface area contributed by atoms with Crippen LogP contribution in [0.1, 0.15) is 19.1 Å². The molecule has 2 N–H and O–H groups in total. The maximum atomic E-state index is 9.11. The molecule has 0 aliphatic carbocycles. The summed E-state index contributed by atoms with van der Waals surface area (Å²) < 4.78 is 7.78. The van der Waals surface area contributed by atoms with Crippen molar-refractivity contribution in [1.82, 2.24) is 14.5 Å². The van der Waals surface area contributed by atoms with E-state index in [-0.39, 0.29) is 18.9 Å². The van der Waals surface area contributed by atoms with Crippen molar-refractivity contribution in [1.29, 1.82) is 0 Å². The highest BCUT2D eigenvalue weighted by atomic mass is 16.5. The number of hydrogen-bond acceptors (Lipinski definition) is 5. The number of aliphatic hydroxyl groups excluding tert-OH is 1. The quantitative estimate of drug-likeness (QED) is 0.852. The predicted octanol–water partition coefficient (Wildman–Crippen LogP) is 1.14. The van der Waals surface area contributed by atoms with Gasteiger partial charge in [0.05, 0.1) is 18.1 Å². The number of aliphatic hydroxyl groups is 1. The van der Waals surface area contributed by atoms with Gasteiger partial charge in [0.2, 0.25) is 0 Å². The molecule has 0 aromatic carbocycles. The van der Waals surface area contributed by atoms with Crippen molar-refractivity contribution in [2.75, 3.05) is 19.0 Å². The smallest absolute Gasteiger partial charge is 0.147 e. The summed E-state index contributed by atoms with van der Waals surface area (Å²) >= 11 is 0. The Labute approximate surface area is 105 Å². The van der Waals surface area contributed by atoms with Crippen LogP contribution in [0, 0.1) is 0 Å². The molecule has 6 heteroatoms. The van der Waals surface area contributed by atoms with E-state index in [4.69, 9.17) is 9.84 Å². The summed E-state index contributed by atoms with van der Waals surface area (Å²) in [4.78, 5) is 8.49. The number of rotatable bonds is 3. The monoisotopic (exact) mass is 248 g/mol. The number of nitrogens with one attached hydrogen (secondary N) is 1. The summed E-state index contributed by atoms with van der Waals surface area (Å²) in [5.74, 6) is 0.815. The maximum absolute atomic E-state index is 9.11. The standard InChI is InChI=1S/C12H16N4O2/c1-13-11-9-4-5-16(12(9)15-7-14-11)10-3-2-8(6-17)18-10/h4-5,7-8,10,17H,2-3,6H2,1H3,(H,13,14,15)/t8-,10+/m0/s1. The van der Waals surface area contributed by atoms with Gasteiger partial charge in [-0.3, -0.25) is 0 Å². The average molecular weight is 248 g/mol. The van der Waals surface area contributed by atoms with Crippen LogP contribution in [0.25, 0.3) is 11.0 Å². The van der Waals surface area contributed by atoms with Gasteiger partial charge in [0.15, 0.2) is 0 Å². The molecule has 0 unspecified atom stereocenters. The summed E-state index contributed by atoms with van der Waals surface area (Å²) in [6, 6.07) is 1.98. The van der Waals surface area contributed by atoms with Crippen LogP contribution in [-0.2, 0) is 4.74 Å². The second-order valence-corrected chi connectivity index (χ2v) is 4.41. The first kappa shape index (κ1) is 11.4. The number of hydrogen-bond donors (Lipinski definition) is 2. The van der Waals surface area contributed by atoms with Crippen molar-refractivity contribution in [3.05, 3.63) is 18.6 Å². The van der Waals surface area contributed by atoms with Gasteiger partial charge in [-0.1, -0.05) is 0 Å². The van der Waals surface area contributed by atoms with Crippen molar-refractivity contribution >= 4 is 16.9 Å². The average Bonchev–Trinajstić information content (AvgIpc) is 3.03. The number of fused-ring (bicyclic) bond motifs is 1. The molecule has 1 aliphatic heterocycles. The molecule has 2 aromatic heterocycles. The van der Waals surface area contributed by atoms with E-state index in [9.17, 15) is 0 Å². The highest BCUT2D eigenvalue weighted by Gasteiger charge is 2.27. The van der Waals surface area contributed by atoms with Crippen LogP contribution in [0.4, 0.5) is 5.82 Å². The third kappa shape index (κ3) is 1.74. The van der Waals surface area contributed by atoms with Crippen LogP contribution >= 0.6 is 0 Å². The third-order valence-electron chi connectivity index (χ3n) is 3.35. The molecule has 96 valence electrons. The molecule has 3 rings (SSSR count). The summed E-state index contributed by atoms with van der Waals surface area (Å²) in [6.45, 7) is 0.0758.